The van der Waals surface area contributed by atoms with E-state index in [4.69, 9.17) is 10.5 Å². The minimum Gasteiger partial charge on any atom is -0.491 e. The molecule has 1 saturated carbocycles. The Hall–Kier alpha value is -3.44. The summed E-state index contributed by atoms with van der Waals surface area (Å²) in [5.41, 5.74) is 6.77. The standard InChI is InChI=1S/C21H22F3N5O4/c22-21(23,24)15-10-33-20(31)29(15)16-9-28-6-7-32-14-8-12(4-5-13(14)19(28)27-16)26-17(18(25)30)11-2-1-3-11/h4-5,8-9,11,15,17,26H,1-3,6-7,10H2,(H2,25,30)/t15-,17-/m0/s1. The van der Waals surface area contributed by atoms with E-state index in [1.165, 1.54) is 6.20 Å². The Bertz CT molecular complexity index is 1100. The van der Waals surface area contributed by atoms with Crippen LogP contribution in [0.4, 0.5) is 29.5 Å². The summed E-state index contributed by atoms with van der Waals surface area (Å²) in [6.07, 6.45) is -1.42. The maximum Gasteiger partial charge on any atom is 0.416 e. The molecule has 2 fully saturated rings. The zero-order valence-corrected chi connectivity index (χ0v) is 17.5. The summed E-state index contributed by atoms with van der Waals surface area (Å²) in [6.45, 7) is -0.207. The Kier molecular flexibility index (Phi) is 5.09. The van der Waals surface area contributed by atoms with E-state index in [0.717, 1.165) is 19.3 Å². The van der Waals surface area contributed by atoms with Crippen LogP contribution in [0, 0.1) is 5.92 Å². The summed E-state index contributed by atoms with van der Waals surface area (Å²) in [5, 5.41) is 3.18. The van der Waals surface area contributed by atoms with Gasteiger partial charge in [-0.3, -0.25) is 4.79 Å². The molecule has 3 N–H and O–H groups in total. The number of carbonyl (C=O) groups is 2. The van der Waals surface area contributed by atoms with Gasteiger partial charge in [0.2, 0.25) is 5.91 Å². The number of anilines is 2. The number of nitrogens with one attached hydrogen (secondary N) is 1. The van der Waals surface area contributed by atoms with E-state index < -0.39 is 36.9 Å². The third kappa shape index (κ3) is 3.83. The number of nitrogens with zero attached hydrogens (tertiary/aromatic N) is 3. The molecule has 33 heavy (non-hydrogen) atoms. The van der Waals surface area contributed by atoms with Crippen LogP contribution in [0.1, 0.15) is 19.3 Å². The molecule has 2 atom stereocenters. The number of rotatable bonds is 5. The van der Waals surface area contributed by atoms with Crippen molar-refractivity contribution in [3.63, 3.8) is 0 Å². The van der Waals surface area contributed by atoms with E-state index >= 15 is 0 Å². The number of hydrogen-bond acceptors (Lipinski definition) is 6. The van der Waals surface area contributed by atoms with E-state index in [-0.39, 0.29) is 18.3 Å². The normalized spacial score (nSPS) is 21.2. The molecule has 0 spiro atoms. The van der Waals surface area contributed by atoms with E-state index in [2.05, 4.69) is 15.0 Å². The molecule has 2 aliphatic heterocycles. The molecule has 12 heteroatoms. The zero-order chi connectivity index (χ0) is 23.3. The monoisotopic (exact) mass is 465 g/mol. The van der Waals surface area contributed by atoms with E-state index in [1.807, 2.05) is 0 Å². The molecule has 0 radical (unpaired) electrons. The lowest BCUT2D eigenvalue weighted by Gasteiger charge is -2.32. The van der Waals surface area contributed by atoms with Crippen molar-refractivity contribution in [1.82, 2.24) is 9.55 Å². The number of nitrogens with two attached hydrogens (primary N) is 1. The summed E-state index contributed by atoms with van der Waals surface area (Å²) in [4.78, 5) is 28.8. The van der Waals surface area contributed by atoms with Crippen molar-refractivity contribution in [3.8, 4) is 17.1 Å². The van der Waals surface area contributed by atoms with Gasteiger partial charge in [0.25, 0.3) is 0 Å². The van der Waals surface area contributed by atoms with E-state index in [1.54, 1.807) is 22.8 Å². The van der Waals surface area contributed by atoms with Gasteiger partial charge in [-0.25, -0.2) is 14.7 Å². The number of fused-ring (bicyclic) bond motifs is 3. The van der Waals surface area contributed by atoms with Crippen molar-refractivity contribution in [2.75, 3.05) is 23.4 Å². The van der Waals surface area contributed by atoms with E-state index in [0.29, 0.717) is 34.3 Å². The van der Waals surface area contributed by atoms with Gasteiger partial charge in [-0.15, -0.1) is 0 Å². The second-order valence-electron chi connectivity index (χ2n) is 8.40. The Balaban J connectivity index is 1.45. The van der Waals surface area contributed by atoms with Gasteiger partial charge in [0, 0.05) is 18.0 Å². The molecule has 1 aliphatic carbocycles. The minimum absolute atomic E-state index is 0.136. The lowest BCUT2D eigenvalue weighted by Crippen LogP contribution is -2.44. The van der Waals surface area contributed by atoms with Crippen molar-refractivity contribution in [2.24, 2.45) is 11.7 Å². The van der Waals surface area contributed by atoms with Gasteiger partial charge in [0.1, 0.15) is 30.8 Å². The van der Waals surface area contributed by atoms with Crippen molar-refractivity contribution < 1.29 is 32.2 Å². The fourth-order valence-corrected chi connectivity index (χ4v) is 4.36. The van der Waals surface area contributed by atoms with Crippen LogP contribution in [0.5, 0.6) is 5.75 Å². The van der Waals surface area contributed by atoms with Gasteiger partial charge < -0.3 is 25.1 Å². The second-order valence-corrected chi connectivity index (χ2v) is 8.40. The molecule has 1 aromatic carbocycles. The van der Waals surface area contributed by atoms with Crippen LogP contribution in [0.15, 0.2) is 24.4 Å². The number of imidazole rings is 1. The number of halogens is 3. The predicted octanol–water partition coefficient (Wildman–Crippen LogP) is 2.90. The number of amides is 2. The largest absolute Gasteiger partial charge is 0.491 e. The Morgan fingerprint density at radius 3 is 2.73 bits per heavy atom. The molecule has 1 saturated heterocycles. The molecule has 0 unspecified atom stereocenters. The van der Waals surface area contributed by atoms with Crippen LogP contribution in [0.2, 0.25) is 0 Å². The molecule has 176 valence electrons. The van der Waals surface area contributed by atoms with Gasteiger partial charge in [0.15, 0.2) is 11.9 Å². The Morgan fingerprint density at radius 1 is 1.27 bits per heavy atom. The first-order valence-electron chi connectivity index (χ1n) is 10.7. The van der Waals surface area contributed by atoms with Crippen molar-refractivity contribution in [2.45, 2.75) is 44.1 Å². The summed E-state index contributed by atoms with van der Waals surface area (Å²) >= 11 is 0. The van der Waals surface area contributed by atoms with Crippen molar-refractivity contribution in [1.29, 1.82) is 0 Å². The number of hydrogen-bond donors (Lipinski definition) is 2. The average molecular weight is 465 g/mol. The molecule has 9 nitrogen and oxygen atoms in total. The predicted molar refractivity (Wildman–Crippen MR) is 111 cm³/mol. The molecule has 5 rings (SSSR count). The molecule has 3 heterocycles. The number of aromatic nitrogens is 2. The fourth-order valence-electron chi connectivity index (χ4n) is 4.36. The second kappa shape index (κ2) is 7.85. The molecule has 1 aromatic heterocycles. The molecular weight excluding hydrogens is 443 g/mol. The van der Waals surface area contributed by atoms with Gasteiger partial charge in [-0.1, -0.05) is 6.42 Å². The number of alkyl halides is 3. The third-order valence-electron chi connectivity index (χ3n) is 6.32. The highest BCUT2D eigenvalue weighted by atomic mass is 19.4. The third-order valence-corrected chi connectivity index (χ3v) is 6.32. The Labute approximate surface area is 186 Å². The highest BCUT2D eigenvalue weighted by molar-refractivity contribution is 5.90. The van der Waals surface area contributed by atoms with Crippen LogP contribution in [0.3, 0.4) is 0 Å². The van der Waals surface area contributed by atoms with Crippen LogP contribution >= 0.6 is 0 Å². The minimum atomic E-state index is -4.65. The summed E-state index contributed by atoms with van der Waals surface area (Å²) < 4.78 is 52.3. The highest BCUT2D eigenvalue weighted by Crippen LogP contribution is 2.39. The number of cyclic esters (lactones) is 1. The fraction of sp³-hybridized carbons (Fsp3) is 0.476. The number of carbonyl (C=O) groups excluding carboxylic acids is 2. The Morgan fingerprint density at radius 2 is 2.06 bits per heavy atom. The lowest BCUT2D eigenvalue weighted by atomic mass is 9.79. The van der Waals surface area contributed by atoms with Gasteiger partial charge in [-0.2, -0.15) is 13.2 Å². The average Bonchev–Trinajstić information content (AvgIpc) is 3.25. The van der Waals surface area contributed by atoms with Crippen molar-refractivity contribution >= 4 is 23.5 Å². The van der Waals surface area contributed by atoms with Crippen molar-refractivity contribution in [3.05, 3.63) is 24.4 Å². The summed E-state index contributed by atoms with van der Waals surface area (Å²) in [7, 11) is 0. The number of benzene rings is 1. The topological polar surface area (TPSA) is 112 Å². The van der Waals surface area contributed by atoms with Crippen LogP contribution < -0.4 is 20.7 Å². The van der Waals surface area contributed by atoms with Gasteiger partial charge in [0.05, 0.1) is 12.1 Å². The van der Waals surface area contributed by atoms with Crippen LogP contribution in [-0.2, 0) is 16.1 Å². The number of ether oxygens (including phenoxy) is 2. The van der Waals surface area contributed by atoms with Crippen LogP contribution in [-0.4, -0.2) is 53.0 Å². The molecule has 0 bridgehead atoms. The zero-order valence-electron chi connectivity index (χ0n) is 17.5. The van der Waals surface area contributed by atoms with Gasteiger partial charge in [-0.05, 0) is 30.9 Å². The molecule has 2 aromatic rings. The maximum atomic E-state index is 13.4. The summed E-state index contributed by atoms with van der Waals surface area (Å²) in [6, 6.07) is 2.59. The summed E-state index contributed by atoms with van der Waals surface area (Å²) in [5.74, 6) is 0.459. The lowest BCUT2D eigenvalue weighted by molar-refractivity contribution is -0.147. The molecule has 2 amide bonds. The first-order valence-corrected chi connectivity index (χ1v) is 10.7. The number of primary amides is 1. The first kappa shape index (κ1) is 21.4. The quantitative estimate of drug-likeness (QED) is 0.703. The van der Waals surface area contributed by atoms with Crippen LogP contribution in [0.25, 0.3) is 11.4 Å². The first-order chi connectivity index (χ1) is 15.7. The maximum absolute atomic E-state index is 13.4. The highest BCUT2D eigenvalue weighted by Gasteiger charge is 2.52. The molecule has 3 aliphatic rings. The van der Waals surface area contributed by atoms with Gasteiger partial charge >= 0.3 is 12.3 Å². The SMILES string of the molecule is NC(=O)[C@@H](Nc1ccc2c(c1)OCCn1cc(N3C(=O)OC[C@H]3C(F)(F)F)nc1-2)C1CCC1. The van der Waals surface area contributed by atoms with E-state index in [9.17, 15) is 22.8 Å². The molecular formula is C21H22F3N5O4. The smallest absolute Gasteiger partial charge is 0.416 e.